The molecule has 1 saturated heterocycles. The molecule has 3 aromatic rings. The first-order valence-corrected chi connectivity index (χ1v) is 11.0. The van der Waals surface area contributed by atoms with Gasteiger partial charge in [0.1, 0.15) is 11.4 Å². The van der Waals surface area contributed by atoms with Crippen molar-refractivity contribution in [1.29, 1.82) is 0 Å². The van der Waals surface area contributed by atoms with E-state index in [0.717, 1.165) is 31.7 Å². The third kappa shape index (κ3) is 4.25. The highest BCUT2D eigenvalue weighted by atomic mass is 19.1. The van der Waals surface area contributed by atoms with Gasteiger partial charge in [-0.3, -0.25) is 9.59 Å². The number of carbonyl (C=O) groups excluding carboxylic acids is 1. The van der Waals surface area contributed by atoms with Crippen molar-refractivity contribution in [3.63, 3.8) is 0 Å². The number of pyridine rings is 1. The summed E-state index contributed by atoms with van der Waals surface area (Å²) in [4.78, 5) is 30.4. The maximum Gasteiger partial charge on any atom is 0.257 e. The van der Waals surface area contributed by atoms with E-state index in [1.165, 1.54) is 6.07 Å². The van der Waals surface area contributed by atoms with Gasteiger partial charge >= 0.3 is 0 Å². The summed E-state index contributed by atoms with van der Waals surface area (Å²) in [6, 6.07) is 12.3. The van der Waals surface area contributed by atoms with Crippen LogP contribution in [0.1, 0.15) is 35.8 Å². The predicted molar refractivity (Wildman–Crippen MR) is 126 cm³/mol. The number of likely N-dealkylation sites (N-methyl/N-ethyl adjacent to an activating group) is 1. The normalized spacial score (nSPS) is 15.7. The number of aryl methyl sites for hydroxylation is 1. The van der Waals surface area contributed by atoms with E-state index in [4.69, 9.17) is 0 Å². The molecule has 1 amide bonds. The zero-order chi connectivity index (χ0) is 22.8. The van der Waals surface area contributed by atoms with Gasteiger partial charge in [-0.05, 0) is 38.6 Å². The van der Waals surface area contributed by atoms with Crippen molar-refractivity contribution in [2.45, 2.75) is 26.4 Å². The molecule has 0 saturated carbocycles. The fourth-order valence-corrected chi connectivity index (χ4v) is 4.21. The molecule has 0 aliphatic carbocycles. The molecule has 7 heteroatoms. The molecule has 0 spiro atoms. The highest BCUT2D eigenvalue weighted by Crippen LogP contribution is 2.26. The molecule has 1 aliphatic rings. The van der Waals surface area contributed by atoms with E-state index in [1.54, 1.807) is 12.3 Å². The largest absolute Gasteiger partial charge is 0.367 e. The zero-order valence-corrected chi connectivity index (χ0v) is 18.8. The Hall–Kier alpha value is -3.19. The van der Waals surface area contributed by atoms with Crippen molar-refractivity contribution in [2.75, 3.05) is 38.1 Å². The average molecular weight is 437 g/mol. The summed E-state index contributed by atoms with van der Waals surface area (Å²) in [7, 11) is 2.05. The van der Waals surface area contributed by atoms with Gasteiger partial charge in [-0.15, -0.1) is 0 Å². The number of anilines is 1. The van der Waals surface area contributed by atoms with Crippen LogP contribution in [0.5, 0.6) is 0 Å². The number of piperazine rings is 1. The number of amides is 1. The van der Waals surface area contributed by atoms with Crippen molar-refractivity contribution in [3.8, 4) is 0 Å². The molecule has 1 aliphatic heterocycles. The second-order valence-corrected chi connectivity index (χ2v) is 8.37. The van der Waals surface area contributed by atoms with E-state index < -0.39 is 17.2 Å². The molecule has 4 rings (SSSR count). The molecule has 6 nitrogen and oxygen atoms in total. The molecule has 2 aromatic carbocycles. The maximum absolute atomic E-state index is 15.1. The second kappa shape index (κ2) is 9.12. The third-order valence-electron chi connectivity index (χ3n) is 6.23. The van der Waals surface area contributed by atoms with Crippen LogP contribution in [-0.4, -0.2) is 48.6 Å². The predicted octanol–water partition coefficient (Wildman–Crippen LogP) is 3.40. The van der Waals surface area contributed by atoms with Gasteiger partial charge in [0, 0.05) is 44.3 Å². The minimum absolute atomic E-state index is 0.0221. The average Bonchev–Trinajstić information content (AvgIpc) is 2.80. The number of halogens is 1. The summed E-state index contributed by atoms with van der Waals surface area (Å²) in [5, 5.41) is 3.12. The smallest absolute Gasteiger partial charge is 0.257 e. The summed E-state index contributed by atoms with van der Waals surface area (Å²) in [5.74, 6) is -0.893. The van der Waals surface area contributed by atoms with Crippen LogP contribution in [0.3, 0.4) is 0 Å². The van der Waals surface area contributed by atoms with Gasteiger partial charge in [-0.25, -0.2) is 4.39 Å². The summed E-state index contributed by atoms with van der Waals surface area (Å²) >= 11 is 0. The van der Waals surface area contributed by atoms with Crippen LogP contribution in [0.2, 0.25) is 0 Å². The number of nitrogens with zero attached hydrogens (tertiary/aromatic N) is 3. The lowest BCUT2D eigenvalue weighted by molar-refractivity contribution is 0.0938. The SMILES string of the molecule is CCn1cc(C(=O)N[C@@H](C)c2ccccc2)c(=O)c2cc(F)c(N3CCN(C)CC3)cc21. The number of rotatable bonds is 5. The monoisotopic (exact) mass is 436 g/mol. The molecule has 1 aromatic heterocycles. The molecule has 0 bridgehead atoms. The van der Waals surface area contributed by atoms with Gasteiger partial charge in [-0.1, -0.05) is 30.3 Å². The standard InChI is InChI=1S/C25H29FN4O2/c1-4-29-16-20(25(32)27-17(2)18-8-6-5-7-9-18)24(31)19-14-21(26)23(15-22(19)29)30-12-10-28(3)11-13-30/h5-9,14-17H,4,10-13H2,1-3H3,(H,27,32)/t17-/m0/s1. The number of hydrogen-bond donors (Lipinski definition) is 1. The first-order chi connectivity index (χ1) is 15.4. The number of nitrogens with one attached hydrogen (secondary N) is 1. The Morgan fingerprint density at radius 2 is 1.81 bits per heavy atom. The molecule has 2 heterocycles. The molecule has 0 unspecified atom stereocenters. The van der Waals surface area contributed by atoms with Gasteiger partial charge in [-0.2, -0.15) is 0 Å². The summed E-state index contributed by atoms with van der Waals surface area (Å²) < 4.78 is 16.9. The van der Waals surface area contributed by atoms with E-state index in [1.807, 2.05) is 60.7 Å². The van der Waals surface area contributed by atoms with Gasteiger partial charge in [0.25, 0.3) is 5.91 Å². The van der Waals surface area contributed by atoms with Crippen molar-refractivity contribution >= 4 is 22.5 Å². The lowest BCUT2D eigenvalue weighted by Gasteiger charge is -2.34. The molecule has 0 radical (unpaired) electrons. The molecular weight excluding hydrogens is 407 g/mol. The molecule has 32 heavy (non-hydrogen) atoms. The first kappa shape index (κ1) is 22.0. The van der Waals surface area contributed by atoms with Gasteiger partial charge in [0.15, 0.2) is 0 Å². The molecule has 1 N–H and O–H groups in total. The van der Waals surface area contributed by atoms with Crippen LogP contribution in [0, 0.1) is 5.82 Å². The second-order valence-electron chi connectivity index (χ2n) is 8.37. The van der Waals surface area contributed by atoms with Crippen LogP contribution < -0.4 is 15.6 Å². The minimum atomic E-state index is -0.459. The van der Waals surface area contributed by atoms with E-state index >= 15 is 4.39 Å². The first-order valence-electron chi connectivity index (χ1n) is 11.0. The number of carbonyl (C=O) groups is 1. The van der Waals surface area contributed by atoms with Gasteiger partial charge < -0.3 is 19.7 Å². The summed E-state index contributed by atoms with van der Waals surface area (Å²) in [6.07, 6.45) is 1.59. The van der Waals surface area contributed by atoms with Crippen molar-refractivity contribution in [3.05, 3.63) is 75.8 Å². The van der Waals surface area contributed by atoms with Crippen molar-refractivity contribution < 1.29 is 9.18 Å². The Labute approximate surface area is 187 Å². The van der Waals surface area contributed by atoms with Crippen molar-refractivity contribution in [1.82, 2.24) is 14.8 Å². The lowest BCUT2D eigenvalue weighted by Crippen LogP contribution is -2.44. The fourth-order valence-electron chi connectivity index (χ4n) is 4.21. The quantitative estimate of drug-likeness (QED) is 0.666. The topological polar surface area (TPSA) is 57.6 Å². The van der Waals surface area contributed by atoms with Crippen LogP contribution in [0.4, 0.5) is 10.1 Å². The van der Waals surface area contributed by atoms with E-state index in [-0.39, 0.29) is 17.0 Å². The van der Waals surface area contributed by atoms with Crippen LogP contribution in [-0.2, 0) is 6.54 Å². The number of benzene rings is 2. The van der Waals surface area contributed by atoms with Crippen LogP contribution in [0.25, 0.3) is 10.9 Å². The Kier molecular flexibility index (Phi) is 6.28. The zero-order valence-electron chi connectivity index (χ0n) is 18.8. The minimum Gasteiger partial charge on any atom is -0.367 e. The molecule has 168 valence electrons. The number of hydrogen-bond acceptors (Lipinski definition) is 4. The third-order valence-corrected chi connectivity index (χ3v) is 6.23. The van der Waals surface area contributed by atoms with E-state index in [0.29, 0.717) is 17.7 Å². The Balaban J connectivity index is 1.71. The van der Waals surface area contributed by atoms with Crippen LogP contribution >= 0.6 is 0 Å². The van der Waals surface area contributed by atoms with Crippen molar-refractivity contribution in [2.24, 2.45) is 0 Å². The van der Waals surface area contributed by atoms with E-state index in [9.17, 15) is 9.59 Å². The maximum atomic E-state index is 15.1. The highest BCUT2D eigenvalue weighted by molar-refractivity contribution is 5.98. The molecule has 1 fully saturated rings. The summed E-state index contributed by atoms with van der Waals surface area (Å²) in [5.41, 5.74) is 1.66. The van der Waals surface area contributed by atoms with Gasteiger partial charge in [0.2, 0.25) is 5.43 Å². The van der Waals surface area contributed by atoms with Gasteiger partial charge in [0.05, 0.1) is 17.2 Å². The molecule has 1 atom stereocenters. The number of fused-ring (bicyclic) bond motifs is 1. The lowest BCUT2D eigenvalue weighted by atomic mass is 10.1. The fraction of sp³-hybridized carbons (Fsp3) is 0.360. The van der Waals surface area contributed by atoms with E-state index in [2.05, 4.69) is 10.2 Å². The molecular formula is C25H29FN4O2. The summed E-state index contributed by atoms with van der Waals surface area (Å²) in [6.45, 7) is 7.54. The Morgan fingerprint density at radius 1 is 1.12 bits per heavy atom. The number of aromatic nitrogens is 1. The Bertz CT molecular complexity index is 1180. The highest BCUT2D eigenvalue weighted by Gasteiger charge is 2.22. The van der Waals surface area contributed by atoms with Crippen LogP contribution in [0.15, 0.2) is 53.5 Å². The Morgan fingerprint density at radius 3 is 2.47 bits per heavy atom.